The fourth-order valence-electron chi connectivity index (χ4n) is 4.94. The number of benzene rings is 4. The molecule has 0 aliphatic rings. The van der Waals surface area contributed by atoms with Crippen LogP contribution in [-0.2, 0) is 42.9 Å². The van der Waals surface area contributed by atoms with Crippen molar-refractivity contribution in [2.24, 2.45) is 0 Å². The van der Waals surface area contributed by atoms with E-state index in [0.717, 1.165) is 0 Å². The summed E-state index contributed by atoms with van der Waals surface area (Å²) in [5.74, 6) is -5.73. The molecule has 0 heterocycles. The molecule has 0 unspecified atom stereocenters. The SMILES string of the molecule is CC(=O)Oc1cccc(C(=O)OCC(COC(=O)c2cccc(OC(C)=O)c2)OC(COC(=O)c2cccc(OC(C)=O)c2)COC(=O)c2cccc(OC(C)=O)c2)c1. The Kier molecular flexibility index (Phi) is 16.4. The van der Waals surface area contributed by atoms with Crippen LogP contribution >= 0.6 is 0 Å². The molecule has 0 aromatic heterocycles. The van der Waals surface area contributed by atoms with Crippen LogP contribution < -0.4 is 18.9 Å². The maximum absolute atomic E-state index is 13.1. The Morgan fingerprint density at radius 2 is 0.593 bits per heavy atom. The normalized spacial score (nSPS) is 10.5. The molecule has 308 valence electrons. The third-order valence-electron chi connectivity index (χ3n) is 7.31. The van der Waals surface area contributed by atoms with Gasteiger partial charge in [0, 0.05) is 27.7 Å². The number of rotatable bonds is 18. The van der Waals surface area contributed by atoms with E-state index in [1.54, 1.807) is 0 Å². The lowest BCUT2D eigenvalue weighted by atomic mass is 10.2. The zero-order valence-corrected chi connectivity index (χ0v) is 32.2. The second kappa shape index (κ2) is 21.8. The second-order valence-corrected chi connectivity index (χ2v) is 12.3. The maximum Gasteiger partial charge on any atom is 0.338 e. The predicted octanol–water partition coefficient (Wildman–Crippen LogP) is 4.87. The van der Waals surface area contributed by atoms with Gasteiger partial charge in [0.1, 0.15) is 61.6 Å². The van der Waals surface area contributed by atoms with Crippen molar-refractivity contribution in [1.82, 2.24) is 0 Å². The van der Waals surface area contributed by atoms with Crippen molar-refractivity contribution in [2.45, 2.75) is 39.9 Å². The first-order valence-electron chi connectivity index (χ1n) is 17.6. The van der Waals surface area contributed by atoms with Gasteiger partial charge in [0.15, 0.2) is 0 Å². The number of esters is 8. The summed E-state index contributed by atoms with van der Waals surface area (Å²) in [6.07, 6.45) is -2.61. The van der Waals surface area contributed by atoms with Gasteiger partial charge in [-0.1, -0.05) is 24.3 Å². The molecule has 0 aliphatic carbocycles. The zero-order valence-electron chi connectivity index (χ0n) is 32.2. The van der Waals surface area contributed by atoms with E-state index in [1.807, 2.05) is 0 Å². The minimum absolute atomic E-state index is 0.00634. The monoisotopic (exact) mass is 814 g/mol. The van der Waals surface area contributed by atoms with Crippen LogP contribution in [0.15, 0.2) is 97.1 Å². The Balaban J connectivity index is 1.57. The number of carbonyl (C=O) groups is 8. The van der Waals surface area contributed by atoms with Crippen LogP contribution in [-0.4, -0.2) is 86.4 Å². The minimum atomic E-state index is -1.31. The molecule has 0 atom stereocenters. The Hall–Kier alpha value is -7.40. The van der Waals surface area contributed by atoms with E-state index < -0.39 is 86.4 Å². The average Bonchev–Trinajstić information content (AvgIpc) is 3.18. The van der Waals surface area contributed by atoms with Crippen molar-refractivity contribution in [1.29, 1.82) is 0 Å². The first-order chi connectivity index (χ1) is 28.1. The summed E-state index contributed by atoms with van der Waals surface area (Å²) in [7, 11) is 0. The highest BCUT2D eigenvalue weighted by atomic mass is 16.6. The lowest BCUT2D eigenvalue weighted by Crippen LogP contribution is -2.37. The molecule has 0 bridgehead atoms. The van der Waals surface area contributed by atoms with Crippen LogP contribution in [0.2, 0.25) is 0 Å². The Morgan fingerprint density at radius 3 is 0.797 bits per heavy atom. The third-order valence-corrected chi connectivity index (χ3v) is 7.31. The molecule has 4 aromatic carbocycles. The second-order valence-electron chi connectivity index (χ2n) is 12.3. The van der Waals surface area contributed by atoms with Crippen molar-refractivity contribution < 1.29 is 81.0 Å². The summed E-state index contributed by atoms with van der Waals surface area (Å²) in [6.45, 7) is 2.43. The standard InChI is InChI=1S/C42H38O17/c1-25(43)55-33-13-5-9-29(17-33)39(47)51-21-37(22-52-40(48)30-10-6-14-34(18-30)56-26(2)44)59-38(23-53-41(49)31-11-7-15-35(19-31)57-27(3)45)24-54-42(50)32-12-8-16-36(20-32)58-28(4)46/h5-20,37-38H,21-24H2,1-4H3. The van der Waals surface area contributed by atoms with Crippen LogP contribution in [0.3, 0.4) is 0 Å². The van der Waals surface area contributed by atoms with Crippen LogP contribution in [0, 0.1) is 0 Å². The van der Waals surface area contributed by atoms with Gasteiger partial charge in [0.05, 0.1) is 22.3 Å². The fourth-order valence-corrected chi connectivity index (χ4v) is 4.94. The zero-order chi connectivity index (χ0) is 42.9. The van der Waals surface area contributed by atoms with E-state index in [9.17, 15) is 38.4 Å². The van der Waals surface area contributed by atoms with E-state index in [-0.39, 0.29) is 45.3 Å². The topological polar surface area (TPSA) is 220 Å². The molecule has 17 nitrogen and oxygen atoms in total. The van der Waals surface area contributed by atoms with Gasteiger partial charge in [-0.2, -0.15) is 0 Å². The molecule has 0 saturated carbocycles. The van der Waals surface area contributed by atoms with E-state index in [2.05, 4.69) is 0 Å². The lowest BCUT2D eigenvalue weighted by Gasteiger charge is -2.24. The summed E-state index contributed by atoms with van der Waals surface area (Å²) in [5, 5.41) is 0. The Bertz CT molecular complexity index is 1890. The largest absolute Gasteiger partial charge is 0.459 e. The molecule has 0 spiro atoms. The molecule has 0 amide bonds. The average molecular weight is 815 g/mol. The highest BCUT2D eigenvalue weighted by molar-refractivity contribution is 5.92. The van der Waals surface area contributed by atoms with Gasteiger partial charge >= 0.3 is 47.8 Å². The molecular formula is C42H38O17. The number of ether oxygens (including phenoxy) is 9. The maximum atomic E-state index is 13.1. The van der Waals surface area contributed by atoms with Crippen LogP contribution in [0.25, 0.3) is 0 Å². The van der Waals surface area contributed by atoms with Crippen molar-refractivity contribution in [3.05, 3.63) is 119 Å². The van der Waals surface area contributed by atoms with Gasteiger partial charge in [0.2, 0.25) is 0 Å². The van der Waals surface area contributed by atoms with Gasteiger partial charge in [-0.05, 0) is 72.8 Å². The Labute approximate surface area is 336 Å². The Morgan fingerprint density at radius 1 is 0.373 bits per heavy atom. The molecule has 4 rings (SSSR count). The van der Waals surface area contributed by atoms with Crippen LogP contribution in [0.5, 0.6) is 23.0 Å². The smallest absolute Gasteiger partial charge is 0.338 e. The minimum Gasteiger partial charge on any atom is -0.459 e. The summed E-state index contributed by atoms with van der Waals surface area (Å²) >= 11 is 0. The molecule has 0 saturated heterocycles. The van der Waals surface area contributed by atoms with Crippen molar-refractivity contribution >= 4 is 47.8 Å². The molecule has 0 radical (unpaired) electrons. The van der Waals surface area contributed by atoms with Crippen molar-refractivity contribution in [3.63, 3.8) is 0 Å². The van der Waals surface area contributed by atoms with Gasteiger partial charge < -0.3 is 42.6 Å². The summed E-state index contributed by atoms with van der Waals surface area (Å²) in [4.78, 5) is 98.3. The molecule has 0 N–H and O–H groups in total. The van der Waals surface area contributed by atoms with Gasteiger partial charge in [0.25, 0.3) is 0 Å². The van der Waals surface area contributed by atoms with Gasteiger partial charge in [-0.15, -0.1) is 0 Å². The van der Waals surface area contributed by atoms with E-state index in [1.165, 1.54) is 125 Å². The summed E-state index contributed by atoms with van der Waals surface area (Å²) in [5.41, 5.74) is -0.0253. The highest BCUT2D eigenvalue weighted by Gasteiger charge is 2.26. The summed E-state index contributed by atoms with van der Waals surface area (Å²) < 4.78 is 48.2. The number of hydrogen-bond donors (Lipinski definition) is 0. The third kappa shape index (κ3) is 15.2. The van der Waals surface area contributed by atoms with Crippen molar-refractivity contribution in [3.8, 4) is 23.0 Å². The van der Waals surface area contributed by atoms with Gasteiger partial charge in [-0.25, -0.2) is 19.2 Å². The first-order valence-corrected chi connectivity index (χ1v) is 17.6. The van der Waals surface area contributed by atoms with Crippen molar-refractivity contribution in [2.75, 3.05) is 26.4 Å². The lowest BCUT2D eigenvalue weighted by molar-refractivity contribution is -0.132. The fraction of sp³-hybridized carbons (Fsp3) is 0.238. The van der Waals surface area contributed by atoms with E-state index >= 15 is 0 Å². The van der Waals surface area contributed by atoms with E-state index in [0.29, 0.717) is 0 Å². The summed E-state index contributed by atoms with van der Waals surface area (Å²) in [6, 6.07) is 22.3. The molecular weight excluding hydrogens is 776 g/mol. The number of hydrogen-bond acceptors (Lipinski definition) is 17. The molecule has 0 aliphatic heterocycles. The molecule has 4 aromatic rings. The van der Waals surface area contributed by atoms with Gasteiger partial charge in [-0.3, -0.25) is 19.2 Å². The predicted molar refractivity (Wildman–Crippen MR) is 201 cm³/mol. The molecule has 17 heteroatoms. The van der Waals surface area contributed by atoms with E-state index in [4.69, 9.17) is 42.6 Å². The molecule has 0 fully saturated rings. The van der Waals surface area contributed by atoms with Crippen LogP contribution in [0.4, 0.5) is 0 Å². The highest BCUT2D eigenvalue weighted by Crippen LogP contribution is 2.19. The molecule has 59 heavy (non-hydrogen) atoms. The quantitative estimate of drug-likeness (QED) is 0.0743. The van der Waals surface area contributed by atoms with Crippen LogP contribution in [0.1, 0.15) is 69.1 Å². The first kappa shape index (κ1) is 44.3. The number of carbonyl (C=O) groups excluding carboxylic acids is 8.